The second kappa shape index (κ2) is 18.2. The van der Waals surface area contributed by atoms with Gasteiger partial charge in [0.25, 0.3) is 0 Å². The van der Waals surface area contributed by atoms with Crippen LogP contribution in [0.25, 0.3) is 11.3 Å². The molecule has 2 saturated carbocycles. The minimum absolute atomic E-state index is 0.0269. The molecule has 0 atom stereocenters. The molecule has 66 heavy (non-hydrogen) atoms. The molecule has 0 spiro atoms. The Hall–Kier alpha value is -6.23. The number of imidazole rings is 2. The van der Waals surface area contributed by atoms with Gasteiger partial charge in [0.2, 0.25) is 0 Å². The molecule has 3 amide bonds. The van der Waals surface area contributed by atoms with Gasteiger partial charge in [-0.1, -0.05) is 12.1 Å². The van der Waals surface area contributed by atoms with Crippen LogP contribution in [0.15, 0.2) is 71.7 Å². The van der Waals surface area contributed by atoms with Crippen LogP contribution in [-0.4, -0.2) is 76.4 Å². The Morgan fingerprint density at radius 3 is 1.71 bits per heavy atom. The number of rotatable bonds is 8. The summed E-state index contributed by atoms with van der Waals surface area (Å²) in [6.07, 6.45) is 7.27. The summed E-state index contributed by atoms with van der Waals surface area (Å²) in [4.78, 5) is 53.6. The van der Waals surface area contributed by atoms with Gasteiger partial charge in [-0.05, 0) is 178 Å². The van der Waals surface area contributed by atoms with Gasteiger partial charge < -0.3 is 19.5 Å². The van der Waals surface area contributed by atoms with Crippen molar-refractivity contribution in [2.24, 2.45) is 0 Å². The van der Waals surface area contributed by atoms with E-state index >= 15 is 0 Å². The van der Waals surface area contributed by atoms with E-state index in [0.29, 0.717) is 38.8 Å². The number of hydrogen-bond donors (Lipinski definition) is 1. The van der Waals surface area contributed by atoms with Crippen LogP contribution in [0.2, 0.25) is 0 Å². The van der Waals surface area contributed by atoms with Gasteiger partial charge in [0.15, 0.2) is 22.9 Å². The molecule has 1 N–H and O–H groups in total. The molecule has 2 fully saturated rings. The van der Waals surface area contributed by atoms with Crippen molar-refractivity contribution in [3.63, 3.8) is 0 Å². The molecule has 4 aromatic heterocycles. The second-order valence-electron chi connectivity index (χ2n) is 20.0. The number of aromatic nitrogens is 6. The van der Waals surface area contributed by atoms with Crippen molar-refractivity contribution < 1.29 is 28.6 Å². The molecule has 0 aliphatic heterocycles. The lowest BCUT2D eigenvalue weighted by molar-refractivity contribution is 0.0566. The summed E-state index contributed by atoms with van der Waals surface area (Å²) >= 11 is 3.50. The van der Waals surface area contributed by atoms with Gasteiger partial charge in [-0.2, -0.15) is 0 Å². The number of anilines is 6. The molecule has 6 aromatic rings. The third-order valence-electron chi connectivity index (χ3n) is 10.6. The zero-order chi connectivity index (χ0) is 48.0. The Morgan fingerprint density at radius 2 is 1.18 bits per heavy atom. The van der Waals surface area contributed by atoms with Crippen molar-refractivity contribution in [1.29, 1.82) is 0 Å². The maximum atomic E-state index is 13.6. The third-order valence-corrected chi connectivity index (χ3v) is 11.1. The first-order valence-corrected chi connectivity index (χ1v) is 23.0. The van der Waals surface area contributed by atoms with E-state index in [9.17, 15) is 14.4 Å². The molecular weight excluding hydrogens is 905 g/mol. The summed E-state index contributed by atoms with van der Waals surface area (Å²) in [6.45, 7) is 24.7. The van der Waals surface area contributed by atoms with Crippen LogP contribution in [0.3, 0.4) is 0 Å². The van der Waals surface area contributed by atoms with Crippen LogP contribution in [0.1, 0.15) is 110 Å². The predicted molar refractivity (Wildman–Crippen MR) is 261 cm³/mol. The molecule has 350 valence electrons. The fourth-order valence-corrected chi connectivity index (χ4v) is 7.33. The molecule has 8 rings (SSSR count). The molecule has 2 aliphatic carbocycles. The zero-order valence-corrected chi connectivity index (χ0v) is 41.8. The first kappa shape index (κ1) is 47.7. The van der Waals surface area contributed by atoms with Crippen molar-refractivity contribution in [2.45, 2.75) is 145 Å². The fourth-order valence-electron chi connectivity index (χ4n) is 6.98. The number of ether oxygens (including phenoxy) is 3. The Kier molecular flexibility index (Phi) is 13.2. The minimum atomic E-state index is -0.728. The van der Waals surface area contributed by atoms with E-state index in [1.165, 1.54) is 16.0 Å². The lowest BCUT2D eigenvalue weighted by Gasteiger charge is -2.30. The number of nitrogens with zero attached hydrogens (tertiary/aromatic N) is 9. The smallest absolute Gasteiger partial charge is 0.420 e. The summed E-state index contributed by atoms with van der Waals surface area (Å²) in [7, 11) is 0. The maximum Gasteiger partial charge on any atom is 0.420 e. The normalized spacial score (nSPS) is 14.0. The molecule has 0 radical (unpaired) electrons. The van der Waals surface area contributed by atoms with Crippen LogP contribution in [-0.2, 0) is 14.2 Å². The van der Waals surface area contributed by atoms with Crippen molar-refractivity contribution in [3.8, 4) is 0 Å². The van der Waals surface area contributed by atoms with Crippen molar-refractivity contribution in [3.05, 3.63) is 94.0 Å². The number of carbonyl (C=O) groups excluding carboxylic acids is 3. The predicted octanol–water partition coefficient (Wildman–Crippen LogP) is 12.1. The summed E-state index contributed by atoms with van der Waals surface area (Å²) < 4.78 is 21.1. The monoisotopic (exact) mass is 964 g/mol. The van der Waals surface area contributed by atoms with Crippen molar-refractivity contribution >= 4 is 79.9 Å². The number of nitrogens with one attached hydrogen (secondary N) is 1. The van der Waals surface area contributed by atoms with Gasteiger partial charge >= 0.3 is 18.3 Å². The first-order chi connectivity index (χ1) is 30.9. The van der Waals surface area contributed by atoms with Crippen LogP contribution >= 0.6 is 15.9 Å². The van der Waals surface area contributed by atoms with E-state index in [0.717, 1.165) is 42.5 Å². The molecule has 0 bridgehead atoms. The second-order valence-corrected chi connectivity index (χ2v) is 20.8. The highest BCUT2D eigenvalue weighted by Gasteiger charge is 2.40. The first-order valence-electron chi connectivity index (χ1n) is 22.2. The average molecular weight is 966 g/mol. The molecule has 4 heterocycles. The molecule has 17 heteroatoms. The molecule has 0 unspecified atom stereocenters. The highest BCUT2D eigenvalue weighted by atomic mass is 79.9. The van der Waals surface area contributed by atoms with E-state index in [1.54, 1.807) is 43.5 Å². The highest BCUT2D eigenvalue weighted by Crippen LogP contribution is 2.40. The lowest BCUT2D eigenvalue weighted by Crippen LogP contribution is -2.39. The Balaban J connectivity index is 0.000000202. The van der Waals surface area contributed by atoms with E-state index in [1.807, 2.05) is 106 Å². The average Bonchev–Trinajstić information content (AvgIpc) is 4.12. The van der Waals surface area contributed by atoms with Crippen LogP contribution in [0, 0.1) is 27.7 Å². The number of aryl methyl sites for hydroxylation is 4. The number of halogens is 1. The van der Waals surface area contributed by atoms with Gasteiger partial charge in [0.05, 0.1) is 23.3 Å². The van der Waals surface area contributed by atoms with E-state index in [2.05, 4.69) is 62.3 Å². The SMILES string of the molecule is Cc1ccc(N(C(=O)OC(C)(C)C)c2cc(N(C(=O)OC(C)(C)C)C3CC3)c3ncc(Br)n3n2)cc1C.Cc1ccc(Nc2cc(N(C(=O)OC(C)(C)C)C3CC3)c3nccn3n2)cc1C. The molecule has 2 aliphatic rings. The van der Waals surface area contributed by atoms with Crippen LogP contribution in [0.5, 0.6) is 0 Å². The number of benzene rings is 2. The lowest BCUT2D eigenvalue weighted by atomic mass is 10.1. The Morgan fingerprint density at radius 1 is 0.652 bits per heavy atom. The summed E-state index contributed by atoms with van der Waals surface area (Å²) in [5.41, 5.74) is 6.44. The largest absolute Gasteiger partial charge is 0.443 e. The van der Waals surface area contributed by atoms with Gasteiger partial charge in [0, 0.05) is 42.3 Å². The third kappa shape index (κ3) is 11.4. The van der Waals surface area contributed by atoms with Crippen molar-refractivity contribution in [2.75, 3.05) is 20.0 Å². The minimum Gasteiger partial charge on any atom is -0.443 e. The van der Waals surface area contributed by atoms with Crippen LogP contribution in [0.4, 0.5) is 48.8 Å². The van der Waals surface area contributed by atoms with Gasteiger partial charge in [-0.25, -0.2) is 38.3 Å². The number of hydrogen-bond acceptors (Lipinski definition) is 11. The molecule has 0 saturated heterocycles. The summed E-state index contributed by atoms with van der Waals surface area (Å²) in [5.74, 6) is 0.927. The highest BCUT2D eigenvalue weighted by molar-refractivity contribution is 9.10. The molecular formula is C49H61BrN10O6. The standard InChI is InChI=1S/C27H34BrN5O4.C22H27N5O2/c1-16-9-10-19(13-17(16)2)32(25(35)37-27(6,7)8)22-14-20(23-29-15-21(28)33(23)30-22)31(18-11-12-18)24(34)36-26(3,4)5;1-14-6-7-16(12-15(14)2)24-19-13-18(20-23-10-11-26(20)25-19)27(17-8-9-17)21(28)29-22(3,4)5/h9-10,13-15,18H,11-12H2,1-8H3;6-7,10-13,17H,8-9H2,1-5H3,(H,24,25). The zero-order valence-electron chi connectivity index (χ0n) is 40.2. The maximum absolute atomic E-state index is 13.6. The quantitative estimate of drug-likeness (QED) is 0.145. The number of fused-ring (bicyclic) bond motifs is 2. The fraction of sp³-hybridized carbons (Fsp3) is 0.449. The van der Waals surface area contributed by atoms with Crippen molar-refractivity contribution in [1.82, 2.24) is 29.2 Å². The Bertz CT molecular complexity index is 2790. The van der Waals surface area contributed by atoms with E-state index in [4.69, 9.17) is 19.3 Å². The number of carbonyl (C=O) groups is 3. The van der Waals surface area contributed by atoms with Crippen LogP contribution < -0.4 is 20.0 Å². The molecule has 2 aromatic carbocycles. The van der Waals surface area contributed by atoms with Gasteiger partial charge in [-0.15, -0.1) is 10.2 Å². The topological polar surface area (TPSA) is 161 Å². The van der Waals surface area contributed by atoms with E-state index in [-0.39, 0.29) is 24.0 Å². The van der Waals surface area contributed by atoms with E-state index < -0.39 is 29.0 Å². The number of amides is 3. The summed E-state index contributed by atoms with van der Waals surface area (Å²) in [5, 5.41) is 12.7. The van der Waals surface area contributed by atoms with Gasteiger partial charge in [0.1, 0.15) is 21.4 Å². The molecule has 16 nitrogen and oxygen atoms in total. The van der Waals surface area contributed by atoms with Gasteiger partial charge in [-0.3, -0.25) is 9.80 Å². The Labute approximate surface area is 394 Å². The summed E-state index contributed by atoms with van der Waals surface area (Å²) in [6, 6.07) is 15.6.